The van der Waals surface area contributed by atoms with Gasteiger partial charge in [0, 0.05) is 0 Å². The van der Waals surface area contributed by atoms with Crippen LogP contribution in [0.2, 0.25) is 0 Å². The number of hydrogen-bond donors (Lipinski definition) is 0. The molecule has 0 spiro atoms. The molecule has 0 nitrogen and oxygen atoms in total. The van der Waals surface area contributed by atoms with Gasteiger partial charge in [-0.25, -0.2) is 0 Å². The Balaban J connectivity index is 2.56. The summed E-state index contributed by atoms with van der Waals surface area (Å²) in [6.45, 7) is 3.73. The zero-order valence-electron chi connectivity index (χ0n) is 4.43. The summed E-state index contributed by atoms with van der Waals surface area (Å²) in [7, 11) is 0. The van der Waals surface area contributed by atoms with Gasteiger partial charge in [0.2, 0.25) is 0 Å². The van der Waals surface area contributed by atoms with Crippen LogP contribution in [-0.2, 0) is 18.7 Å². The predicted octanol–water partition coefficient (Wildman–Crippen LogP) is 1.73. The van der Waals surface area contributed by atoms with Gasteiger partial charge in [-0.3, -0.25) is 0 Å². The summed E-state index contributed by atoms with van der Waals surface area (Å²) in [5.41, 5.74) is 0. The Morgan fingerprint density at radius 1 is 1.43 bits per heavy atom. The molecule has 0 aromatic rings. The van der Waals surface area contributed by atoms with E-state index in [9.17, 15) is 0 Å². The Kier molecular flexibility index (Phi) is 7.03. The summed E-state index contributed by atoms with van der Waals surface area (Å²) in [5.74, 6) is 0. The van der Waals surface area contributed by atoms with Gasteiger partial charge < -0.3 is 0 Å². The molecule has 0 radical (unpaired) electrons. The van der Waals surface area contributed by atoms with Crippen molar-refractivity contribution in [2.24, 2.45) is 0 Å². The molecule has 0 saturated carbocycles. The van der Waals surface area contributed by atoms with Crippen LogP contribution < -0.4 is 0 Å². The monoisotopic (exact) mass is 189 g/mol. The van der Waals surface area contributed by atoms with Gasteiger partial charge in [0.05, 0.1) is 0 Å². The fourth-order valence-electron chi connectivity index (χ4n) is 0.386. The molecule has 0 amide bonds. The molecule has 1 heteroatoms. The molecule has 0 atom stereocenters. The zero-order valence-corrected chi connectivity index (χ0v) is 5.98. The van der Waals surface area contributed by atoms with Crippen molar-refractivity contribution < 1.29 is 18.7 Å². The predicted molar refractivity (Wildman–Crippen MR) is 29.9 cm³/mol. The van der Waals surface area contributed by atoms with Crippen molar-refractivity contribution in [2.75, 3.05) is 0 Å². The Hall–Kier alpha value is 0.532. The topological polar surface area (TPSA) is 0 Å². The van der Waals surface area contributed by atoms with Crippen molar-refractivity contribution in [3.63, 3.8) is 0 Å². The maximum absolute atomic E-state index is 3.73. The summed E-state index contributed by atoms with van der Waals surface area (Å²) >= 11 is 3.01. The number of hydrogen-bond acceptors (Lipinski definition) is 0. The van der Waals surface area contributed by atoms with Crippen LogP contribution in [0.15, 0.2) is 0 Å². The van der Waals surface area contributed by atoms with Crippen LogP contribution in [0.3, 0.4) is 0 Å². The number of unbranched alkanes of at least 4 members (excludes halogenated alkanes) is 3. The van der Waals surface area contributed by atoms with Gasteiger partial charge in [-0.2, -0.15) is 0 Å². The molecule has 0 aromatic heterocycles. The van der Waals surface area contributed by atoms with Crippen molar-refractivity contribution in [3.8, 4) is 0 Å². The Bertz CT molecular complexity index is 41.4. The van der Waals surface area contributed by atoms with E-state index >= 15 is 0 Å². The molecule has 0 aromatic carbocycles. The van der Waals surface area contributed by atoms with Gasteiger partial charge in [-0.05, 0) is 0 Å². The molecule has 0 N–H and O–H groups in total. The molecular weight excluding hydrogens is 178 g/mol. The summed E-state index contributed by atoms with van der Waals surface area (Å²) in [6, 6.07) is 0. The van der Waals surface area contributed by atoms with Crippen LogP contribution in [0.25, 0.3) is 0 Å². The average molecular weight is 190 g/mol. The van der Waals surface area contributed by atoms with E-state index in [0.717, 1.165) is 6.42 Å². The first kappa shape index (κ1) is 7.53. The molecule has 0 bridgehead atoms. The minimum atomic E-state index is 1.07. The van der Waals surface area contributed by atoms with Gasteiger partial charge in [-0.15, -0.1) is 0 Å². The second-order valence-corrected chi connectivity index (χ2v) is 2.11. The molecule has 0 fully saturated rings. The third-order valence-electron chi connectivity index (χ3n) is 0.795. The summed E-state index contributed by atoms with van der Waals surface area (Å²) in [6.07, 6.45) is 4.81. The van der Waals surface area contributed by atoms with E-state index < -0.39 is 0 Å². The summed E-state index contributed by atoms with van der Waals surface area (Å²) < 4.78 is 2.05. The van der Waals surface area contributed by atoms with Gasteiger partial charge in [0.1, 0.15) is 0 Å². The Morgan fingerprint density at radius 2 is 2.14 bits per heavy atom. The normalized spacial score (nSPS) is 9.00. The van der Waals surface area contributed by atoms with Crippen molar-refractivity contribution in [1.82, 2.24) is 0 Å². The first-order valence-electron chi connectivity index (χ1n) is 2.59. The van der Waals surface area contributed by atoms with Crippen molar-refractivity contribution in [1.29, 1.82) is 0 Å². The molecule has 0 unspecified atom stereocenters. The summed E-state index contributed by atoms with van der Waals surface area (Å²) in [5, 5.41) is 0. The van der Waals surface area contributed by atoms with E-state index in [4.69, 9.17) is 0 Å². The molecule has 46 valence electrons. The quantitative estimate of drug-likeness (QED) is 0.359. The molecule has 0 heterocycles. The minimum absolute atomic E-state index is 1.07. The maximum atomic E-state index is 3.73. The van der Waals surface area contributed by atoms with E-state index in [1.54, 1.807) is 0 Å². The van der Waals surface area contributed by atoms with E-state index in [2.05, 4.69) is 30.2 Å². The van der Waals surface area contributed by atoms with E-state index in [0.29, 0.717) is 0 Å². The third kappa shape index (κ3) is 6.53. The molecule has 7 heavy (non-hydrogen) atoms. The number of rotatable bonds is 4. The fourth-order valence-corrected chi connectivity index (χ4v) is 0.703. The Morgan fingerprint density at radius 3 is 2.57 bits per heavy atom. The average Bonchev–Trinajstić information content (AvgIpc) is 1.69. The van der Waals surface area contributed by atoms with Gasteiger partial charge in [0.15, 0.2) is 0 Å². The van der Waals surface area contributed by atoms with Crippen LogP contribution in [0.4, 0.5) is 0 Å². The van der Waals surface area contributed by atoms with E-state index in [1.165, 1.54) is 19.3 Å². The van der Waals surface area contributed by atoms with Gasteiger partial charge in [-0.1, -0.05) is 0 Å². The first-order chi connectivity index (χ1) is 3.41. The molecular formula is C6H11Pd-. The SMILES string of the molecule is [CH2-]CCCC[CH]=[Pd]. The molecule has 0 rings (SSSR count). The molecule has 0 aliphatic rings. The zero-order chi connectivity index (χ0) is 5.54. The van der Waals surface area contributed by atoms with Crippen LogP contribution in [0.1, 0.15) is 25.7 Å². The van der Waals surface area contributed by atoms with Crippen molar-refractivity contribution in [2.45, 2.75) is 25.7 Å². The van der Waals surface area contributed by atoms with E-state index in [-0.39, 0.29) is 0 Å². The van der Waals surface area contributed by atoms with Crippen LogP contribution in [0, 0.1) is 6.92 Å². The van der Waals surface area contributed by atoms with Gasteiger partial charge in [0.25, 0.3) is 0 Å². The fraction of sp³-hybridized carbons (Fsp3) is 0.667. The first-order valence-corrected chi connectivity index (χ1v) is 3.49. The molecule has 0 aliphatic carbocycles. The molecule has 0 saturated heterocycles. The standard InChI is InChI=1S/C6H11.Pd/c1-3-5-6-4-2;/h1H,2-6H2;/q-1;. The second kappa shape index (κ2) is 6.53. The molecule has 0 aliphatic heterocycles. The second-order valence-electron chi connectivity index (χ2n) is 1.48. The van der Waals surface area contributed by atoms with Crippen LogP contribution >= 0.6 is 0 Å². The Labute approximate surface area is 56.2 Å². The van der Waals surface area contributed by atoms with Crippen molar-refractivity contribution in [3.05, 3.63) is 6.92 Å². The van der Waals surface area contributed by atoms with Crippen molar-refractivity contribution >= 4 is 4.49 Å². The summed E-state index contributed by atoms with van der Waals surface area (Å²) in [4.78, 5) is 0. The van der Waals surface area contributed by atoms with Gasteiger partial charge >= 0.3 is 55.8 Å². The third-order valence-corrected chi connectivity index (χ3v) is 1.24. The van der Waals surface area contributed by atoms with E-state index in [1.807, 2.05) is 0 Å². The van der Waals surface area contributed by atoms with Crippen LogP contribution in [0.5, 0.6) is 0 Å². The van der Waals surface area contributed by atoms with Crippen LogP contribution in [-0.4, -0.2) is 4.49 Å².